The number of aromatic amines is 1. The Bertz CT molecular complexity index is 727. The first-order valence-electron chi connectivity index (χ1n) is 5.72. The maximum absolute atomic E-state index is 5.91. The first kappa shape index (κ1) is 11.9. The van der Waals surface area contributed by atoms with Crippen molar-refractivity contribution in [2.75, 3.05) is 6.61 Å². The Morgan fingerprint density at radius 3 is 3.00 bits per heavy atom. The van der Waals surface area contributed by atoms with Crippen molar-refractivity contribution in [1.29, 1.82) is 0 Å². The fourth-order valence-electron chi connectivity index (χ4n) is 1.82. The standard InChI is InChI=1S/C12H10ClN5O/c1-2-19-8-3-7(4-14-5-8)10-9-6-15-18-11(9)17-12(13)16-10/h3-6H,2H2,1H3,(H,15,16,17,18). The second kappa shape index (κ2) is 4.81. The molecule has 3 heterocycles. The third-order valence-electron chi connectivity index (χ3n) is 2.58. The molecule has 0 saturated carbocycles. The van der Waals surface area contributed by atoms with E-state index < -0.39 is 0 Å². The molecule has 0 aliphatic carbocycles. The number of halogens is 1. The third kappa shape index (κ3) is 2.22. The molecular formula is C12H10ClN5O. The summed E-state index contributed by atoms with van der Waals surface area (Å²) in [6.45, 7) is 2.50. The highest BCUT2D eigenvalue weighted by atomic mass is 35.5. The van der Waals surface area contributed by atoms with E-state index in [1.807, 2.05) is 13.0 Å². The maximum Gasteiger partial charge on any atom is 0.224 e. The van der Waals surface area contributed by atoms with Crippen LogP contribution in [0.15, 0.2) is 24.7 Å². The zero-order valence-electron chi connectivity index (χ0n) is 10.1. The summed E-state index contributed by atoms with van der Waals surface area (Å²) in [6.07, 6.45) is 5.02. The van der Waals surface area contributed by atoms with Gasteiger partial charge in [0, 0.05) is 11.8 Å². The van der Waals surface area contributed by atoms with Gasteiger partial charge < -0.3 is 4.74 Å². The molecule has 0 aliphatic rings. The van der Waals surface area contributed by atoms with E-state index in [2.05, 4.69) is 25.1 Å². The van der Waals surface area contributed by atoms with Crippen molar-refractivity contribution in [3.8, 4) is 17.0 Å². The van der Waals surface area contributed by atoms with E-state index in [1.165, 1.54) is 0 Å². The van der Waals surface area contributed by atoms with E-state index in [0.717, 1.165) is 10.9 Å². The lowest BCUT2D eigenvalue weighted by Gasteiger charge is -2.06. The molecule has 0 saturated heterocycles. The highest BCUT2D eigenvalue weighted by molar-refractivity contribution is 6.28. The molecule has 96 valence electrons. The van der Waals surface area contributed by atoms with Gasteiger partial charge in [0.25, 0.3) is 0 Å². The molecule has 19 heavy (non-hydrogen) atoms. The Labute approximate surface area is 113 Å². The van der Waals surface area contributed by atoms with Gasteiger partial charge in [0.1, 0.15) is 5.75 Å². The molecule has 0 spiro atoms. The van der Waals surface area contributed by atoms with Gasteiger partial charge in [0.15, 0.2) is 5.65 Å². The van der Waals surface area contributed by atoms with Crippen LogP contribution in [0.4, 0.5) is 0 Å². The van der Waals surface area contributed by atoms with Gasteiger partial charge in [-0.2, -0.15) is 10.1 Å². The molecule has 3 rings (SSSR count). The molecule has 3 aromatic heterocycles. The van der Waals surface area contributed by atoms with Crippen molar-refractivity contribution in [2.24, 2.45) is 0 Å². The number of hydrogen-bond donors (Lipinski definition) is 1. The van der Waals surface area contributed by atoms with Crippen LogP contribution in [0.25, 0.3) is 22.3 Å². The van der Waals surface area contributed by atoms with E-state index in [-0.39, 0.29) is 5.28 Å². The Balaban J connectivity index is 2.18. The second-order valence-corrected chi connectivity index (χ2v) is 4.15. The van der Waals surface area contributed by atoms with Crippen LogP contribution in [0.3, 0.4) is 0 Å². The summed E-state index contributed by atoms with van der Waals surface area (Å²) in [7, 11) is 0. The number of nitrogens with one attached hydrogen (secondary N) is 1. The van der Waals surface area contributed by atoms with Crippen molar-refractivity contribution < 1.29 is 4.74 Å². The molecule has 3 aromatic rings. The fourth-order valence-corrected chi connectivity index (χ4v) is 1.99. The minimum absolute atomic E-state index is 0.161. The van der Waals surface area contributed by atoms with Crippen LogP contribution in [0.1, 0.15) is 6.92 Å². The fraction of sp³-hybridized carbons (Fsp3) is 0.167. The largest absolute Gasteiger partial charge is 0.492 e. The van der Waals surface area contributed by atoms with Gasteiger partial charge in [0.05, 0.1) is 30.1 Å². The molecule has 6 nitrogen and oxygen atoms in total. The number of H-pyrrole nitrogens is 1. The van der Waals surface area contributed by atoms with E-state index >= 15 is 0 Å². The zero-order chi connectivity index (χ0) is 13.2. The number of fused-ring (bicyclic) bond motifs is 1. The summed E-state index contributed by atoms with van der Waals surface area (Å²) in [5, 5.41) is 7.67. The van der Waals surface area contributed by atoms with E-state index in [4.69, 9.17) is 16.3 Å². The maximum atomic E-state index is 5.91. The number of ether oxygens (including phenoxy) is 1. The Morgan fingerprint density at radius 1 is 1.26 bits per heavy atom. The number of rotatable bonds is 3. The highest BCUT2D eigenvalue weighted by Gasteiger charge is 2.11. The number of aromatic nitrogens is 5. The summed E-state index contributed by atoms with van der Waals surface area (Å²) in [5.41, 5.74) is 2.08. The quantitative estimate of drug-likeness (QED) is 0.743. The summed E-state index contributed by atoms with van der Waals surface area (Å²) in [4.78, 5) is 12.5. The van der Waals surface area contributed by atoms with Crippen LogP contribution in [-0.4, -0.2) is 31.8 Å². The van der Waals surface area contributed by atoms with Gasteiger partial charge in [-0.1, -0.05) is 0 Å². The number of pyridine rings is 1. The predicted octanol–water partition coefficient (Wildman–Crippen LogP) is 2.47. The van der Waals surface area contributed by atoms with E-state index in [0.29, 0.717) is 23.7 Å². The molecule has 0 aromatic carbocycles. The number of hydrogen-bond acceptors (Lipinski definition) is 5. The van der Waals surface area contributed by atoms with Crippen molar-refractivity contribution in [3.63, 3.8) is 0 Å². The van der Waals surface area contributed by atoms with Crippen molar-refractivity contribution in [1.82, 2.24) is 25.1 Å². The second-order valence-electron chi connectivity index (χ2n) is 3.82. The van der Waals surface area contributed by atoms with Crippen molar-refractivity contribution >= 4 is 22.6 Å². The smallest absolute Gasteiger partial charge is 0.224 e. The SMILES string of the molecule is CCOc1cncc(-c2nc(Cl)nc3[nH]ncc23)c1. The lowest BCUT2D eigenvalue weighted by atomic mass is 10.1. The monoisotopic (exact) mass is 275 g/mol. The zero-order valence-corrected chi connectivity index (χ0v) is 10.8. The van der Waals surface area contributed by atoms with Crippen LogP contribution in [0.5, 0.6) is 5.75 Å². The van der Waals surface area contributed by atoms with Gasteiger partial charge in [0.2, 0.25) is 5.28 Å². The summed E-state index contributed by atoms with van der Waals surface area (Å²) in [6, 6.07) is 1.86. The predicted molar refractivity (Wildman–Crippen MR) is 71.1 cm³/mol. The molecular weight excluding hydrogens is 266 g/mol. The van der Waals surface area contributed by atoms with Gasteiger partial charge in [-0.15, -0.1) is 0 Å². The molecule has 0 atom stereocenters. The minimum Gasteiger partial charge on any atom is -0.492 e. The van der Waals surface area contributed by atoms with E-state index in [1.54, 1.807) is 18.6 Å². The molecule has 0 fully saturated rings. The summed E-state index contributed by atoms with van der Waals surface area (Å²) < 4.78 is 5.43. The normalized spacial score (nSPS) is 10.8. The van der Waals surface area contributed by atoms with Gasteiger partial charge in [-0.05, 0) is 24.6 Å². The van der Waals surface area contributed by atoms with Crippen LogP contribution in [0, 0.1) is 0 Å². The highest BCUT2D eigenvalue weighted by Crippen LogP contribution is 2.27. The third-order valence-corrected chi connectivity index (χ3v) is 2.75. The van der Waals surface area contributed by atoms with Crippen LogP contribution in [0.2, 0.25) is 5.28 Å². The van der Waals surface area contributed by atoms with Gasteiger partial charge >= 0.3 is 0 Å². The molecule has 0 aliphatic heterocycles. The van der Waals surface area contributed by atoms with Crippen LogP contribution in [-0.2, 0) is 0 Å². The molecule has 0 unspecified atom stereocenters. The lowest BCUT2D eigenvalue weighted by molar-refractivity contribution is 0.339. The average molecular weight is 276 g/mol. The number of nitrogens with zero attached hydrogens (tertiary/aromatic N) is 4. The first-order chi connectivity index (χ1) is 9.28. The molecule has 7 heteroatoms. The summed E-state index contributed by atoms with van der Waals surface area (Å²) in [5.74, 6) is 0.686. The van der Waals surface area contributed by atoms with Gasteiger partial charge in [-0.25, -0.2) is 4.98 Å². The first-order valence-corrected chi connectivity index (χ1v) is 6.10. The molecule has 0 amide bonds. The summed E-state index contributed by atoms with van der Waals surface area (Å²) >= 11 is 5.91. The van der Waals surface area contributed by atoms with E-state index in [9.17, 15) is 0 Å². The minimum atomic E-state index is 0.161. The Morgan fingerprint density at radius 2 is 2.16 bits per heavy atom. The molecule has 1 N–H and O–H groups in total. The van der Waals surface area contributed by atoms with Crippen molar-refractivity contribution in [2.45, 2.75) is 6.92 Å². The van der Waals surface area contributed by atoms with Crippen LogP contribution < -0.4 is 4.74 Å². The Kier molecular flexibility index (Phi) is 3.00. The van der Waals surface area contributed by atoms with Crippen LogP contribution >= 0.6 is 11.6 Å². The lowest BCUT2D eigenvalue weighted by Crippen LogP contribution is -1.94. The Hall–Kier alpha value is -2.21. The molecule has 0 radical (unpaired) electrons. The molecule has 0 bridgehead atoms. The average Bonchev–Trinajstić information content (AvgIpc) is 2.86. The van der Waals surface area contributed by atoms with Crippen molar-refractivity contribution in [3.05, 3.63) is 29.9 Å². The van der Waals surface area contributed by atoms with Gasteiger partial charge in [-0.3, -0.25) is 10.1 Å². The topological polar surface area (TPSA) is 76.6 Å².